The van der Waals surface area contributed by atoms with Crippen molar-refractivity contribution in [3.8, 4) is 5.75 Å². The van der Waals surface area contributed by atoms with E-state index in [0.717, 1.165) is 23.9 Å². The van der Waals surface area contributed by atoms with E-state index in [0.29, 0.717) is 13.1 Å². The van der Waals surface area contributed by atoms with Crippen LogP contribution in [0.25, 0.3) is 0 Å². The summed E-state index contributed by atoms with van der Waals surface area (Å²) in [4.78, 5) is 14.3. The van der Waals surface area contributed by atoms with E-state index in [2.05, 4.69) is 16.3 Å². The molecule has 0 saturated carbocycles. The van der Waals surface area contributed by atoms with Crippen molar-refractivity contribution in [2.45, 2.75) is 39.5 Å². The van der Waals surface area contributed by atoms with Gasteiger partial charge in [0.05, 0.1) is 0 Å². The summed E-state index contributed by atoms with van der Waals surface area (Å²) in [6.07, 6.45) is 0.309. The van der Waals surface area contributed by atoms with Gasteiger partial charge in [-0.3, -0.25) is 9.69 Å². The van der Waals surface area contributed by atoms with Crippen LogP contribution < -0.4 is 10.1 Å². The molecule has 2 aromatic carbocycles. The molecule has 1 heterocycles. The number of benzene rings is 2. The molecule has 0 radical (unpaired) electrons. The van der Waals surface area contributed by atoms with E-state index in [9.17, 15) is 13.6 Å². The van der Waals surface area contributed by atoms with Gasteiger partial charge in [0.15, 0.2) is 11.6 Å². The molecule has 1 N–H and O–H groups in total. The van der Waals surface area contributed by atoms with E-state index < -0.39 is 11.6 Å². The zero-order chi connectivity index (χ0) is 19.4. The standard InChI is InChI=1S/C21H24F2N2O2/c1-14-6-7-19-17(10-14)13-25(12-15(2)27-19)9-8-20(26)24-11-16-4-3-5-18(22)21(16)23/h3-7,10,15H,8-9,11-13H2,1-2H3,(H,24,26)/t15-/m0/s1. The van der Waals surface area contributed by atoms with Gasteiger partial charge in [-0.25, -0.2) is 8.78 Å². The second-order valence-electron chi connectivity index (χ2n) is 7.01. The van der Waals surface area contributed by atoms with Crippen molar-refractivity contribution in [2.24, 2.45) is 0 Å². The average molecular weight is 374 g/mol. The van der Waals surface area contributed by atoms with Crippen molar-refractivity contribution in [1.82, 2.24) is 10.2 Å². The highest BCUT2D eigenvalue weighted by Gasteiger charge is 2.20. The topological polar surface area (TPSA) is 41.6 Å². The lowest BCUT2D eigenvalue weighted by Gasteiger charge is -2.21. The molecule has 0 bridgehead atoms. The van der Waals surface area contributed by atoms with E-state index in [1.165, 1.54) is 17.7 Å². The number of nitrogens with one attached hydrogen (secondary N) is 1. The largest absolute Gasteiger partial charge is 0.489 e. The quantitative estimate of drug-likeness (QED) is 0.870. The number of carbonyl (C=O) groups excluding carboxylic acids is 1. The number of halogens is 2. The van der Waals surface area contributed by atoms with Gasteiger partial charge in [0.25, 0.3) is 0 Å². The maximum absolute atomic E-state index is 13.6. The van der Waals surface area contributed by atoms with Crippen LogP contribution in [-0.2, 0) is 17.9 Å². The number of hydrogen-bond donors (Lipinski definition) is 1. The average Bonchev–Trinajstić information content (AvgIpc) is 2.78. The molecule has 1 aliphatic rings. The van der Waals surface area contributed by atoms with Crippen molar-refractivity contribution in [1.29, 1.82) is 0 Å². The van der Waals surface area contributed by atoms with Crippen molar-refractivity contribution in [3.05, 3.63) is 64.7 Å². The Kier molecular flexibility index (Phi) is 6.06. The summed E-state index contributed by atoms with van der Waals surface area (Å²) in [6.45, 7) is 6.03. The molecular formula is C21H24F2N2O2. The van der Waals surface area contributed by atoms with Crippen molar-refractivity contribution in [3.63, 3.8) is 0 Å². The zero-order valence-corrected chi connectivity index (χ0v) is 15.6. The number of nitrogens with zero attached hydrogens (tertiary/aromatic N) is 1. The van der Waals surface area contributed by atoms with Gasteiger partial charge >= 0.3 is 0 Å². The molecule has 2 aromatic rings. The van der Waals surface area contributed by atoms with Gasteiger partial charge in [-0.15, -0.1) is 0 Å². The molecule has 1 aliphatic heterocycles. The van der Waals surface area contributed by atoms with Crippen molar-refractivity contribution < 1.29 is 18.3 Å². The molecule has 0 aromatic heterocycles. The first-order valence-electron chi connectivity index (χ1n) is 9.10. The summed E-state index contributed by atoms with van der Waals surface area (Å²) in [5.74, 6) is -1.12. The first-order chi connectivity index (χ1) is 12.9. The summed E-state index contributed by atoms with van der Waals surface area (Å²) in [5.41, 5.74) is 2.42. The van der Waals surface area contributed by atoms with Crippen LogP contribution in [0.5, 0.6) is 5.75 Å². The Bertz CT molecular complexity index is 826. The third kappa shape index (κ3) is 5.04. The second-order valence-corrected chi connectivity index (χ2v) is 7.01. The van der Waals surface area contributed by atoms with E-state index in [4.69, 9.17) is 4.74 Å². The molecule has 0 spiro atoms. The van der Waals surface area contributed by atoms with Gasteiger partial charge in [-0.2, -0.15) is 0 Å². The number of amides is 1. The first kappa shape index (κ1) is 19.3. The van der Waals surface area contributed by atoms with Crippen LogP contribution in [0.15, 0.2) is 36.4 Å². The van der Waals surface area contributed by atoms with Gasteiger partial charge in [0.1, 0.15) is 11.9 Å². The molecule has 0 aliphatic carbocycles. The minimum Gasteiger partial charge on any atom is -0.489 e. The highest BCUT2D eigenvalue weighted by molar-refractivity contribution is 5.76. The van der Waals surface area contributed by atoms with Crippen LogP contribution in [-0.4, -0.2) is 30.0 Å². The highest BCUT2D eigenvalue weighted by Crippen LogP contribution is 2.26. The fourth-order valence-electron chi connectivity index (χ4n) is 3.27. The van der Waals surface area contributed by atoms with E-state index in [1.807, 2.05) is 26.0 Å². The summed E-state index contributed by atoms with van der Waals surface area (Å²) < 4.78 is 32.8. The summed E-state index contributed by atoms with van der Waals surface area (Å²) in [5, 5.41) is 2.66. The molecule has 0 fully saturated rings. The lowest BCUT2D eigenvalue weighted by molar-refractivity contribution is -0.121. The fraction of sp³-hybridized carbons (Fsp3) is 0.381. The van der Waals surface area contributed by atoms with E-state index >= 15 is 0 Å². The Morgan fingerprint density at radius 2 is 2.11 bits per heavy atom. The Morgan fingerprint density at radius 1 is 1.30 bits per heavy atom. The normalized spacial score (nSPS) is 17.0. The summed E-state index contributed by atoms with van der Waals surface area (Å²) in [6, 6.07) is 10.1. The molecule has 1 amide bonds. The van der Waals surface area contributed by atoms with Gasteiger partial charge in [0, 0.05) is 43.7 Å². The minimum absolute atomic E-state index is 0.0238. The van der Waals surface area contributed by atoms with Gasteiger partial charge in [-0.05, 0) is 26.0 Å². The maximum atomic E-state index is 13.6. The molecule has 0 saturated heterocycles. The number of carbonyl (C=O) groups is 1. The second kappa shape index (κ2) is 8.48. The lowest BCUT2D eigenvalue weighted by Crippen LogP contribution is -2.34. The predicted octanol–water partition coefficient (Wildman–Crippen LogP) is 3.56. The fourth-order valence-corrected chi connectivity index (χ4v) is 3.27. The molecular weight excluding hydrogens is 350 g/mol. The molecule has 3 rings (SSSR count). The smallest absolute Gasteiger partial charge is 0.221 e. The van der Waals surface area contributed by atoms with Crippen LogP contribution in [0.1, 0.15) is 30.0 Å². The molecule has 1 atom stereocenters. The van der Waals surface area contributed by atoms with Crippen LogP contribution in [0.3, 0.4) is 0 Å². The van der Waals surface area contributed by atoms with Gasteiger partial charge < -0.3 is 10.1 Å². The molecule has 6 heteroatoms. The third-order valence-electron chi connectivity index (χ3n) is 4.62. The Hall–Kier alpha value is -2.47. The van der Waals surface area contributed by atoms with Gasteiger partial charge in [0.2, 0.25) is 5.91 Å². The third-order valence-corrected chi connectivity index (χ3v) is 4.62. The Morgan fingerprint density at radius 3 is 2.93 bits per heavy atom. The van der Waals surface area contributed by atoms with Crippen LogP contribution in [0, 0.1) is 18.6 Å². The number of aryl methyl sites for hydroxylation is 1. The number of hydrogen-bond acceptors (Lipinski definition) is 3. The van der Waals surface area contributed by atoms with Crippen LogP contribution >= 0.6 is 0 Å². The van der Waals surface area contributed by atoms with Crippen molar-refractivity contribution >= 4 is 5.91 Å². The highest BCUT2D eigenvalue weighted by atomic mass is 19.2. The molecule has 27 heavy (non-hydrogen) atoms. The number of rotatable bonds is 5. The van der Waals surface area contributed by atoms with E-state index in [1.54, 1.807) is 0 Å². The molecule has 0 unspecified atom stereocenters. The molecule has 144 valence electrons. The predicted molar refractivity (Wildman–Crippen MR) is 99.4 cm³/mol. The Balaban J connectivity index is 1.54. The Labute approximate surface area is 158 Å². The van der Waals surface area contributed by atoms with Crippen LogP contribution in [0.2, 0.25) is 0 Å². The summed E-state index contributed by atoms with van der Waals surface area (Å²) >= 11 is 0. The first-order valence-corrected chi connectivity index (χ1v) is 9.10. The zero-order valence-electron chi connectivity index (χ0n) is 15.6. The lowest BCUT2D eigenvalue weighted by atomic mass is 10.1. The van der Waals surface area contributed by atoms with Crippen molar-refractivity contribution in [2.75, 3.05) is 13.1 Å². The summed E-state index contributed by atoms with van der Waals surface area (Å²) in [7, 11) is 0. The number of fused-ring (bicyclic) bond motifs is 1. The monoisotopic (exact) mass is 374 g/mol. The minimum atomic E-state index is -0.914. The molecule has 4 nitrogen and oxygen atoms in total. The van der Waals surface area contributed by atoms with Crippen LogP contribution in [0.4, 0.5) is 8.78 Å². The van der Waals surface area contributed by atoms with E-state index in [-0.39, 0.29) is 30.5 Å². The van der Waals surface area contributed by atoms with Gasteiger partial charge in [-0.1, -0.05) is 29.8 Å². The SMILES string of the molecule is Cc1ccc2c(c1)CN(CCC(=O)NCc1cccc(F)c1F)C[C@H](C)O2. The maximum Gasteiger partial charge on any atom is 0.221 e. The number of ether oxygens (including phenoxy) is 1.